The van der Waals surface area contributed by atoms with E-state index in [0.717, 1.165) is 6.26 Å². The monoisotopic (exact) mass is 274 g/mol. The molecule has 0 aliphatic carbocycles. The van der Waals surface area contributed by atoms with Crippen molar-refractivity contribution in [1.29, 1.82) is 5.26 Å². The van der Waals surface area contributed by atoms with Gasteiger partial charge in [0.05, 0.1) is 0 Å². The quantitative estimate of drug-likeness (QED) is 0.296. The number of nitrogens with zero attached hydrogens (tertiary/aromatic N) is 1. The highest BCUT2D eigenvalue weighted by Crippen LogP contribution is 2.22. The van der Waals surface area contributed by atoms with Gasteiger partial charge in [0, 0.05) is 13.1 Å². The highest BCUT2D eigenvalue weighted by Gasteiger charge is 2.09. The Hall–Kier alpha value is -0.690. The molecule has 0 aliphatic rings. The maximum absolute atomic E-state index is 11.0. The van der Waals surface area contributed by atoms with Gasteiger partial charge in [-0.15, -0.1) is 5.26 Å². The van der Waals surface area contributed by atoms with Crippen LogP contribution in [0, 0.1) is 11.5 Å². The number of hydrogen-bond acceptors (Lipinski definition) is 5. The molecule has 0 aliphatic heterocycles. The summed E-state index contributed by atoms with van der Waals surface area (Å²) in [5.41, 5.74) is 5.27. The molecule has 0 aromatic carbocycles. The van der Waals surface area contributed by atoms with Crippen molar-refractivity contribution in [1.82, 2.24) is 10.2 Å². The van der Waals surface area contributed by atoms with Crippen LogP contribution in [0.25, 0.3) is 0 Å². The van der Waals surface area contributed by atoms with E-state index in [1.807, 2.05) is 13.8 Å². The smallest absolute Gasteiger partial charge is 0.281 e. The second kappa shape index (κ2) is 8.46. The molecule has 0 rings (SSSR count). The first-order chi connectivity index (χ1) is 7.18. The summed E-state index contributed by atoms with van der Waals surface area (Å²) in [5.74, 6) is 0. The summed E-state index contributed by atoms with van der Waals surface area (Å²) in [6.07, 6.45) is 0.770. The first kappa shape index (κ1) is 17.7. The number of rotatable bonds is 5. The van der Waals surface area contributed by atoms with Gasteiger partial charge in [-0.25, -0.2) is 10.2 Å². The van der Waals surface area contributed by atoms with Crippen LogP contribution in [0.15, 0.2) is 0 Å². The average molecular weight is 274 g/mol. The SMILES string of the molecule is CCNP(N)(=O)NCC.N#COS(=O)(=O)O. The third kappa shape index (κ3) is 15.8. The lowest BCUT2D eigenvalue weighted by Crippen LogP contribution is -2.27. The second-order valence-electron chi connectivity index (χ2n) is 2.28. The molecule has 0 saturated carbocycles. The Morgan fingerprint density at radius 3 is 1.94 bits per heavy atom. The van der Waals surface area contributed by atoms with Gasteiger partial charge >= 0.3 is 16.7 Å². The summed E-state index contributed by atoms with van der Waals surface area (Å²) < 4.78 is 40.3. The number of nitriles is 1. The van der Waals surface area contributed by atoms with Gasteiger partial charge < -0.3 is 0 Å². The Morgan fingerprint density at radius 1 is 1.44 bits per heavy atom. The van der Waals surface area contributed by atoms with E-state index in [1.54, 1.807) is 0 Å². The van der Waals surface area contributed by atoms with Gasteiger partial charge in [0.25, 0.3) is 7.59 Å². The predicted molar refractivity (Wildman–Crippen MR) is 57.4 cm³/mol. The van der Waals surface area contributed by atoms with Crippen LogP contribution in [-0.4, -0.2) is 26.1 Å². The third-order valence-corrected chi connectivity index (χ3v) is 2.79. The van der Waals surface area contributed by atoms with Crippen molar-refractivity contribution in [3.63, 3.8) is 0 Å². The summed E-state index contributed by atoms with van der Waals surface area (Å²) >= 11 is 0. The fraction of sp³-hybridized carbons (Fsp3) is 0.800. The van der Waals surface area contributed by atoms with E-state index in [4.69, 9.17) is 15.3 Å². The Bertz CT molecular complexity index is 354. The van der Waals surface area contributed by atoms with Crippen molar-refractivity contribution in [3.8, 4) is 6.26 Å². The molecule has 0 fully saturated rings. The Morgan fingerprint density at radius 2 is 1.81 bits per heavy atom. The van der Waals surface area contributed by atoms with Crippen molar-refractivity contribution in [2.45, 2.75) is 13.8 Å². The van der Waals surface area contributed by atoms with Gasteiger partial charge in [-0.2, -0.15) is 8.42 Å². The lowest BCUT2D eigenvalue weighted by atomic mass is 10.8. The largest absolute Gasteiger partial charge is 0.456 e. The fourth-order valence-corrected chi connectivity index (χ4v) is 1.72. The number of hydrogen-bond donors (Lipinski definition) is 4. The molecule has 0 atom stereocenters. The first-order valence-electron chi connectivity index (χ1n) is 4.12. The van der Waals surface area contributed by atoms with Gasteiger partial charge in [0.15, 0.2) is 0 Å². The highest BCUT2D eigenvalue weighted by molar-refractivity contribution is 7.81. The predicted octanol–water partition coefficient (Wildman–Crippen LogP) is -0.441. The Labute approximate surface area is 94.4 Å². The lowest BCUT2D eigenvalue weighted by Gasteiger charge is -2.12. The standard InChI is InChI=1S/C4H14N3OP.CHNO4S/c1-3-6-9(5,8)7-4-2;2-1-6-7(3,4)5/h3-4H2,1-2H3,(H4,5,6,7,8);(H,3,4,5). The minimum absolute atomic E-state index is 0.626. The molecule has 9 nitrogen and oxygen atoms in total. The molecule has 0 aromatic heterocycles. The van der Waals surface area contributed by atoms with E-state index >= 15 is 0 Å². The van der Waals surface area contributed by atoms with Crippen molar-refractivity contribution in [3.05, 3.63) is 0 Å². The van der Waals surface area contributed by atoms with E-state index in [2.05, 4.69) is 14.4 Å². The van der Waals surface area contributed by atoms with Crippen LogP contribution < -0.4 is 15.7 Å². The molecule has 0 saturated heterocycles. The molecule has 16 heavy (non-hydrogen) atoms. The minimum atomic E-state index is -4.54. The van der Waals surface area contributed by atoms with E-state index in [-0.39, 0.29) is 0 Å². The summed E-state index contributed by atoms with van der Waals surface area (Å²) in [5, 5.41) is 12.7. The minimum Gasteiger partial charge on any atom is -0.281 e. The van der Waals surface area contributed by atoms with Crippen LogP contribution in [0.4, 0.5) is 0 Å². The Kier molecular flexibility index (Phi) is 9.36. The van der Waals surface area contributed by atoms with Crippen LogP contribution in [0.3, 0.4) is 0 Å². The topological polar surface area (TPSA) is 155 Å². The van der Waals surface area contributed by atoms with E-state index in [1.165, 1.54) is 0 Å². The van der Waals surface area contributed by atoms with E-state index in [9.17, 15) is 13.0 Å². The zero-order chi connectivity index (χ0) is 13.2. The summed E-state index contributed by atoms with van der Waals surface area (Å²) in [6, 6.07) is 0. The first-order valence-corrected chi connectivity index (χ1v) is 7.26. The fourth-order valence-electron chi connectivity index (χ4n) is 0.573. The van der Waals surface area contributed by atoms with Crippen LogP contribution in [0.1, 0.15) is 13.8 Å². The van der Waals surface area contributed by atoms with Crippen LogP contribution in [0.2, 0.25) is 0 Å². The molecule has 0 radical (unpaired) electrons. The number of nitrogens with one attached hydrogen (secondary N) is 2. The normalized spacial score (nSPS) is 10.9. The third-order valence-electron chi connectivity index (χ3n) is 0.929. The van der Waals surface area contributed by atoms with Crippen molar-refractivity contribution < 1.29 is 21.7 Å². The zero-order valence-electron chi connectivity index (χ0n) is 8.87. The van der Waals surface area contributed by atoms with Crippen molar-refractivity contribution >= 4 is 18.0 Å². The van der Waals surface area contributed by atoms with E-state index in [0.29, 0.717) is 13.1 Å². The van der Waals surface area contributed by atoms with Gasteiger partial charge in [-0.05, 0) is 0 Å². The molecule has 0 unspecified atom stereocenters. The van der Waals surface area contributed by atoms with Gasteiger partial charge in [0.2, 0.25) is 0 Å². The summed E-state index contributed by atoms with van der Waals surface area (Å²) in [6.45, 7) is 4.97. The van der Waals surface area contributed by atoms with Gasteiger partial charge in [-0.3, -0.25) is 18.8 Å². The van der Waals surface area contributed by atoms with Crippen molar-refractivity contribution in [2.75, 3.05) is 13.1 Å². The highest BCUT2D eigenvalue weighted by atomic mass is 32.3. The summed E-state index contributed by atoms with van der Waals surface area (Å²) in [4.78, 5) is 0. The van der Waals surface area contributed by atoms with Crippen LogP contribution in [-0.2, 0) is 19.1 Å². The molecule has 0 heterocycles. The van der Waals surface area contributed by atoms with Gasteiger partial charge in [0.1, 0.15) is 0 Å². The maximum atomic E-state index is 11.0. The summed E-state index contributed by atoms with van der Waals surface area (Å²) in [7, 11) is -7.23. The van der Waals surface area contributed by atoms with Gasteiger partial charge in [-0.1, -0.05) is 13.8 Å². The molecule has 0 spiro atoms. The molecule has 0 bridgehead atoms. The number of nitrogens with two attached hydrogens (primary N) is 1. The maximum Gasteiger partial charge on any atom is 0.456 e. The average Bonchev–Trinajstić information content (AvgIpc) is 2.01. The van der Waals surface area contributed by atoms with Crippen LogP contribution >= 0.6 is 7.59 Å². The van der Waals surface area contributed by atoms with E-state index < -0.39 is 18.0 Å². The molecule has 5 N–H and O–H groups in total. The second-order valence-corrected chi connectivity index (χ2v) is 5.25. The lowest BCUT2D eigenvalue weighted by molar-refractivity contribution is 0.367. The zero-order valence-corrected chi connectivity index (χ0v) is 10.6. The Balaban J connectivity index is 0. The molecular weight excluding hydrogens is 259 g/mol. The van der Waals surface area contributed by atoms with Crippen LogP contribution in [0.5, 0.6) is 0 Å². The van der Waals surface area contributed by atoms with Crippen molar-refractivity contribution in [2.24, 2.45) is 5.50 Å². The molecular formula is C5H15N4O5PS. The molecule has 0 aromatic rings. The molecule has 96 valence electrons. The molecule has 11 heteroatoms. The molecule has 0 amide bonds.